The molecule has 21 heavy (non-hydrogen) atoms. The summed E-state index contributed by atoms with van der Waals surface area (Å²) in [6.07, 6.45) is 3.45. The molecule has 1 atom stereocenters. The molecule has 7 nitrogen and oxygen atoms in total. The topological polar surface area (TPSA) is 83.0 Å². The molecule has 0 amide bonds. The SMILES string of the molecule is CCOC(=O)C(C(=O)O)N1CCN(c2ccncc2)CC1. The molecule has 0 saturated carbocycles. The summed E-state index contributed by atoms with van der Waals surface area (Å²) in [6, 6.07) is 2.61. The maximum absolute atomic E-state index is 11.8. The van der Waals surface area contributed by atoms with Gasteiger partial charge in [-0.1, -0.05) is 0 Å². The van der Waals surface area contributed by atoms with E-state index in [0.29, 0.717) is 26.2 Å². The summed E-state index contributed by atoms with van der Waals surface area (Å²) in [5, 5.41) is 9.24. The molecule has 2 heterocycles. The monoisotopic (exact) mass is 293 g/mol. The first-order chi connectivity index (χ1) is 10.1. The highest BCUT2D eigenvalue weighted by atomic mass is 16.5. The van der Waals surface area contributed by atoms with Gasteiger partial charge in [0.15, 0.2) is 0 Å². The minimum absolute atomic E-state index is 0.180. The molecule has 0 spiro atoms. The number of aliphatic carboxylic acids is 1. The number of nitrogens with zero attached hydrogens (tertiary/aromatic N) is 3. The van der Waals surface area contributed by atoms with Crippen LogP contribution in [0.15, 0.2) is 24.5 Å². The summed E-state index contributed by atoms with van der Waals surface area (Å²) in [6.45, 7) is 4.16. The quantitative estimate of drug-likeness (QED) is 0.614. The number of carboxylic acids is 1. The molecule has 1 aromatic heterocycles. The third-order valence-corrected chi connectivity index (χ3v) is 3.45. The summed E-state index contributed by atoms with van der Waals surface area (Å²) < 4.78 is 4.85. The average molecular weight is 293 g/mol. The average Bonchev–Trinajstić information content (AvgIpc) is 2.49. The van der Waals surface area contributed by atoms with Gasteiger partial charge in [-0.2, -0.15) is 0 Å². The van der Waals surface area contributed by atoms with Crippen molar-refractivity contribution >= 4 is 17.6 Å². The van der Waals surface area contributed by atoms with E-state index in [1.165, 1.54) is 0 Å². The number of carbonyl (C=O) groups is 2. The normalized spacial score (nSPS) is 17.3. The number of piperazine rings is 1. The van der Waals surface area contributed by atoms with E-state index in [2.05, 4.69) is 9.88 Å². The van der Waals surface area contributed by atoms with E-state index < -0.39 is 18.0 Å². The molecule has 1 N–H and O–H groups in total. The minimum Gasteiger partial charge on any atom is -0.480 e. The minimum atomic E-state index is -1.22. The van der Waals surface area contributed by atoms with Crippen molar-refractivity contribution in [3.8, 4) is 0 Å². The van der Waals surface area contributed by atoms with Gasteiger partial charge in [-0.3, -0.25) is 9.88 Å². The van der Waals surface area contributed by atoms with E-state index in [1.807, 2.05) is 12.1 Å². The van der Waals surface area contributed by atoms with E-state index in [0.717, 1.165) is 5.69 Å². The molecule has 1 fully saturated rings. The molecule has 0 aromatic carbocycles. The van der Waals surface area contributed by atoms with Gasteiger partial charge in [-0.05, 0) is 19.1 Å². The Hall–Kier alpha value is -2.15. The first-order valence-corrected chi connectivity index (χ1v) is 6.92. The zero-order chi connectivity index (χ0) is 15.2. The predicted octanol–water partition coefficient (Wildman–Crippen LogP) is 0.220. The number of anilines is 1. The Morgan fingerprint density at radius 2 is 1.90 bits per heavy atom. The standard InChI is InChI=1S/C14H19N3O4/c1-2-21-14(20)12(13(18)19)17-9-7-16(8-10-17)11-3-5-15-6-4-11/h3-6,12H,2,7-10H2,1H3,(H,18,19). The van der Waals surface area contributed by atoms with E-state index in [1.54, 1.807) is 24.2 Å². The molecule has 1 aliphatic rings. The fourth-order valence-electron chi connectivity index (χ4n) is 2.42. The first-order valence-electron chi connectivity index (χ1n) is 6.92. The molecule has 7 heteroatoms. The zero-order valence-electron chi connectivity index (χ0n) is 11.9. The summed E-state index contributed by atoms with van der Waals surface area (Å²) >= 11 is 0. The van der Waals surface area contributed by atoms with Gasteiger partial charge in [0.05, 0.1) is 6.61 Å². The predicted molar refractivity (Wildman–Crippen MR) is 76.1 cm³/mol. The lowest BCUT2D eigenvalue weighted by Gasteiger charge is -2.37. The second kappa shape index (κ2) is 7.03. The molecule has 1 aromatic rings. The summed E-state index contributed by atoms with van der Waals surface area (Å²) in [7, 11) is 0. The molecule has 1 saturated heterocycles. The Morgan fingerprint density at radius 1 is 1.29 bits per heavy atom. The van der Waals surface area contributed by atoms with Crippen LogP contribution in [0.2, 0.25) is 0 Å². The summed E-state index contributed by atoms with van der Waals surface area (Å²) in [5.41, 5.74) is 1.05. The van der Waals surface area contributed by atoms with Crippen molar-refractivity contribution < 1.29 is 19.4 Å². The van der Waals surface area contributed by atoms with Crippen LogP contribution in [0.3, 0.4) is 0 Å². The summed E-state index contributed by atoms with van der Waals surface area (Å²) in [5.74, 6) is -1.85. The fourth-order valence-corrected chi connectivity index (χ4v) is 2.42. The van der Waals surface area contributed by atoms with Crippen LogP contribution in [0.1, 0.15) is 6.92 Å². The first kappa shape index (κ1) is 15.2. The van der Waals surface area contributed by atoms with Crippen molar-refractivity contribution in [2.24, 2.45) is 0 Å². The highest BCUT2D eigenvalue weighted by Gasteiger charge is 2.35. The molecule has 0 bridgehead atoms. The van der Waals surface area contributed by atoms with Crippen LogP contribution < -0.4 is 4.90 Å². The number of hydrogen-bond acceptors (Lipinski definition) is 6. The molecule has 0 aliphatic carbocycles. The van der Waals surface area contributed by atoms with E-state index in [-0.39, 0.29) is 6.61 Å². The van der Waals surface area contributed by atoms with Gasteiger partial charge in [-0.25, -0.2) is 9.59 Å². The van der Waals surface area contributed by atoms with E-state index in [9.17, 15) is 14.7 Å². The van der Waals surface area contributed by atoms with Crippen LogP contribution in [0.25, 0.3) is 0 Å². The van der Waals surface area contributed by atoms with Crippen molar-refractivity contribution in [2.45, 2.75) is 13.0 Å². The molecule has 1 aliphatic heterocycles. The molecular weight excluding hydrogens is 274 g/mol. The van der Waals surface area contributed by atoms with Crippen LogP contribution in [0.4, 0.5) is 5.69 Å². The maximum Gasteiger partial charge on any atom is 0.335 e. The van der Waals surface area contributed by atoms with Gasteiger partial charge in [0.1, 0.15) is 0 Å². The lowest BCUT2D eigenvalue weighted by atomic mass is 10.2. The number of hydrogen-bond donors (Lipinski definition) is 1. The number of ether oxygens (including phenoxy) is 1. The van der Waals surface area contributed by atoms with Crippen molar-refractivity contribution in [1.29, 1.82) is 0 Å². The van der Waals surface area contributed by atoms with Gasteiger partial charge >= 0.3 is 11.9 Å². The van der Waals surface area contributed by atoms with Crippen molar-refractivity contribution in [2.75, 3.05) is 37.7 Å². The van der Waals surface area contributed by atoms with Gasteiger partial charge in [0, 0.05) is 44.3 Å². The molecule has 1 unspecified atom stereocenters. The van der Waals surface area contributed by atoms with Crippen LogP contribution in [0, 0.1) is 0 Å². The third-order valence-electron chi connectivity index (χ3n) is 3.45. The zero-order valence-corrected chi connectivity index (χ0v) is 11.9. The van der Waals surface area contributed by atoms with Crippen LogP contribution in [0.5, 0.6) is 0 Å². The van der Waals surface area contributed by atoms with Gasteiger partial charge in [0.2, 0.25) is 6.04 Å². The van der Waals surface area contributed by atoms with Crippen LogP contribution >= 0.6 is 0 Å². The van der Waals surface area contributed by atoms with Crippen LogP contribution in [-0.2, 0) is 14.3 Å². The number of rotatable bonds is 5. The molecule has 114 valence electrons. The maximum atomic E-state index is 11.8. The fraction of sp³-hybridized carbons (Fsp3) is 0.500. The number of aromatic nitrogens is 1. The van der Waals surface area contributed by atoms with E-state index >= 15 is 0 Å². The second-order valence-corrected chi connectivity index (χ2v) is 4.72. The lowest BCUT2D eigenvalue weighted by Crippen LogP contribution is -2.56. The van der Waals surface area contributed by atoms with Crippen molar-refractivity contribution in [3.05, 3.63) is 24.5 Å². The van der Waals surface area contributed by atoms with Gasteiger partial charge in [-0.15, -0.1) is 0 Å². The molecular formula is C14H19N3O4. The van der Waals surface area contributed by atoms with Crippen molar-refractivity contribution in [1.82, 2.24) is 9.88 Å². The Bertz CT molecular complexity index is 486. The highest BCUT2D eigenvalue weighted by Crippen LogP contribution is 2.16. The number of esters is 1. The third kappa shape index (κ3) is 3.69. The number of carboxylic acid groups (broad SMARTS) is 1. The Morgan fingerprint density at radius 3 is 2.43 bits per heavy atom. The Balaban J connectivity index is 1.98. The Kier molecular flexibility index (Phi) is 5.10. The molecule has 0 radical (unpaired) electrons. The van der Waals surface area contributed by atoms with Gasteiger partial charge in [0.25, 0.3) is 0 Å². The van der Waals surface area contributed by atoms with Gasteiger partial charge < -0.3 is 14.7 Å². The molecule has 2 rings (SSSR count). The number of pyridine rings is 1. The smallest absolute Gasteiger partial charge is 0.335 e. The highest BCUT2D eigenvalue weighted by molar-refractivity contribution is 5.98. The summed E-state index contributed by atoms with van der Waals surface area (Å²) in [4.78, 5) is 30.8. The second-order valence-electron chi connectivity index (χ2n) is 4.72. The van der Waals surface area contributed by atoms with Crippen molar-refractivity contribution in [3.63, 3.8) is 0 Å². The largest absolute Gasteiger partial charge is 0.480 e. The lowest BCUT2D eigenvalue weighted by molar-refractivity contribution is -0.160. The number of carbonyl (C=O) groups excluding carboxylic acids is 1. The van der Waals surface area contributed by atoms with E-state index in [4.69, 9.17) is 4.74 Å². The Labute approximate surface area is 123 Å². The van der Waals surface area contributed by atoms with Crippen LogP contribution in [-0.4, -0.2) is 65.8 Å².